The molecule has 0 bridgehead atoms. The molecule has 3 rings (SSSR count). The largest absolute Gasteiger partial charge is 0.356 e. The van der Waals surface area contributed by atoms with Gasteiger partial charge in [0.25, 0.3) is 0 Å². The molecular formula is C13H18N6. The third-order valence-electron chi connectivity index (χ3n) is 3.60. The quantitative estimate of drug-likeness (QED) is 0.884. The van der Waals surface area contributed by atoms with E-state index in [1.54, 1.807) is 17.2 Å². The zero-order valence-electron chi connectivity index (χ0n) is 11.0. The van der Waals surface area contributed by atoms with Gasteiger partial charge in [-0.2, -0.15) is 5.10 Å². The lowest BCUT2D eigenvalue weighted by molar-refractivity contribution is 0.440. The average molecular weight is 258 g/mol. The van der Waals surface area contributed by atoms with E-state index in [-0.39, 0.29) is 0 Å². The molecule has 0 radical (unpaired) electrons. The van der Waals surface area contributed by atoms with Gasteiger partial charge >= 0.3 is 0 Å². The minimum absolute atomic E-state index is 0.628. The number of hydrogen-bond donors (Lipinski definition) is 1. The second-order valence-corrected chi connectivity index (χ2v) is 4.74. The average Bonchev–Trinajstić information content (AvgIpc) is 3.02. The fourth-order valence-electron chi connectivity index (χ4n) is 2.44. The fourth-order valence-corrected chi connectivity index (χ4v) is 2.44. The Morgan fingerprint density at radius 2 is 2.00 bits per heavy atom. The molecule has 3 heterocycles. The molecule has 19 heavy (non-hydrogen) atoms. The first-order valence-electron chi connectivity index (χ1n) is 6.61. The topological polar surface area (TPSA) is 58.9 Å². The molecular weight excluding hydrogens is 240 g/mol. The molecule has 0 saturated carbocycles. The van der Waals surface area contributed by atoms with Gasteiger partial charge in [-0.3, -0.25) is 0 Å². The van der Waals surface area contributed by atoms with Crippen LogP contribution in [-0.2, 0) is 0 Å². The molecule has 1 fully saturated rings. The molecule has 2 aromatic heterocycles. The van der Waals surface area contributed by atoms with Crippen molar-refractivity contribution < 1.29 is 0 Å². The van der Waals surface area contributed by atoms with E-state index in [4.69, 9.17) is 0 Å². The van der Waals surface area contributed by atoms with Crippen LogP contribution in [0.15, 0.2) is 30.9 Å². The number of aromatic nitrogens is 4. The number of hydrogen-bond acceptors (Lipinski definition) is 5. The summed E-state index contributed by atoms with van der Waals surface area (Å²) in [5, 5.41) is 7.53. The van der Waals surface area contributed by atoms with Gasteiger partial charge in [-0.25, -0.2) is 14.6 Å². The van der Waals surface area contributed by atoms with Gasteiger partial charge < -0.3 is 10.2 Å². The van der Waals surface area contributed by atoms with Crippen molar-refractivity contribution in [1.29, 1.82) is 0 Å². The van der Waals surface area contributed by atoms with Crippen LogP contribution >= 0.6 is 0 Å². The van der Waals surface area contributed by atoms with Crippen molar-refractivity contribution in [1.82, 2.24) is 25.1 Å². The van der Waals surface area contributed by atoms with Crippen LogP contribution in [0.3, 0.4) is 0 Å². The first-order valence-corrected chi connectivity index (χ1v) is 6.61. The van der Waals surface area contributed by atoms with Crippen LogP contribution in [0, 0.1) is 0 Å². The highest BCUT2D eigenvalue weighted by molar-refractivity contribution is 5.43. The van der Waals surface area contributed by atoms with Crippen molar-refractivity contribution in [2.45, 2.75) is 18.9 Å². The van der Waals surface area contributed by atoms with Crippen LogP contribution in [0.25, 0.3) is 5.82 Å². The maximum atomic E-state index is 4.38. The maximum Gasteiger partial charge on any atom is 0.158 e. The molecule has 100 valence electrons. The number of nitrogens with one attached hydrogen (secondary N) is 1. The summed E-state index contributed by atoms with van der Waals surface area (Å²) in [6, 6.07) is 4.51. The molecule has 0 unspecified atom stereocenters. The highest BCUT2D eigenvalue weighted by Crippen LogP contribution is 2.18. The Balaban J connectivity index is 1.77. The summed E-state index contributed by atoms with van der Waals surface area (Å²) < 4.78 is 1.76. The zero-order valence-corrected chi connectivity index (χ0v) is 11.0. The monoisotopic (exact) mass is 258 g/mol. The summed E-state index contributed by atoms with van der Waals surface area (Å²) in [6.07, 6.45) is 7.55. The van der Waals surface area contributed by atoms with Crippen LogP contribution in [-0.4, -0.2) is 45.9 Å². The number of nitrogens with zero attached hydrogens (tertiary/aromatic N) is 5. The van der Waals surface area contributed by atoms with E-state index in [0.717, 1.165) is 37.6 Å². The Hall–Kier alpha value is -1.95. The predicted molar refractivity (Wildman–Crippen MR) is 73.4 cm³/mol. The van der Waals surface area contributed by atoms with Crippen molar-refractivity contribution in [3.8, 4) is 5.82 Å². The summed E-state index contributed by atoms with van der Waals surface area (Å²) >= 11 is 0. The number of rotatable bonds is 3. The lowest BCUT2D eigenvalue weighted by atomic mass is 10.1. The SMILES string of the molecule is CNC1CCN(c2cc(-n3cccn3)ncn2)CC1. The van der Waals surface area contributed by atoms with Gasteiger partial charge in [-0.15, -0.1) is 0 Å². The van der Waals surface area contributed by atoms with E-state index < -0.39 is 0 Å². The fraction of sp³-hybridized carbons (Fsp3) is 0.462. The van der Waals surface area contributed by atoms with Gasteiger partial charge in [-0.05, 0) is 26.0 Å². The van der Waals surface area contributed by atoms with Crippen molar-refractivity contribution in [3.05, 3.63) is 30.9 Å². The van der Waals surface area contributed by atoms with Gasteiger partial charge in [-0.1, -0.05) is 0 Å². The van der Waals surface area contributed by atoms with Crippen molar-refractivity contribution in [3.63, 3.8) is 0 Å². The van der Waals surface area contributed by atoms with Gasteiger partial charge in [0.05, 0.1) is 0 Å². The van der Waals surface area contributed by atoms with Crippen LogP contribution < -0.4 is 10.2 Å². The first kappa shape index (κ1) is 12.1. The Kier molecular flexibility index (Phi) is 3.41. The highest BCUT2D eigenvalue weighted by atomic mass is 15.3. The Morgan fingerprint density at radius 3 is 2.68 bits per heavy atom. The van der Waals surface area contributed by atoms with Crippen molar-refractivity contribution in [2.75, 3.05) is 25.0 Å². The van der Waals surface area contributed by atoms with Crippen LogP contribution in [0.1, 0.15) is 12.8 Å². The smallest absolute Gasteiger partial charge is 0.158 e. The molecule has 1 aliphatic rings. The molecule has 1 saturated heterocycles. The Labute approximate surface area is 112 Å². The van der Waals surface area contributed by atoms with Gasteiger partial charge in [0.15, 0.2) is 5.82 Å². The lowest BCUT2D eigenvalue weighted by Gasteiger charge is -2.32. The molecule has 0 spiro atoms. The van der Waals surface area contributed by atoms with Crippen LogP contribution in [0.2, 0.25) is 0 Å². The second kappa shape index (κ2) is 5.36. The molecule has 0 amide bonds. The minimum Gasteiger partial charge on any atom is -0.356 e. The highest BCUT2D eigenvalue weighted by Gasteiger charge is 2.19. The third-order valence-corrected chi connectivity index (χ3v) is 3.60. The van der Waals surface area contributed by atoms with Gasteiger partial charge in [0, 0.05) is 37.6 Å². The normalized spacial score (nSPS) is 16.8. The van der Waals surface area contributed by atoms with Crippen molar-refractivity contribution in [2.24, 2.45) is 0 Å². The maximum absolute atomic E-state index is 4.38. The molecule has 1 N–H and O–H groups in total. The lowest BCUT2D eigenvalue weighted by Crippen LogP contribution is -2.41. The molecule has 0 aromatic carbocycles. The summed E-state index contributed by atoms with van der Waals surface area (Å²) in [6.45, 7) is 2.06. The number of anilines is 1. The molecule has 1 aliphatic heterocycles. The molecule has 0 aliphatic carbocycles. The van der Waals surface area contributed by atoms with Gasteiger partial charge in [0.2, 0.25) is 0 Å². The predicted octanol–water partition coefficient (Wildman–Crippen LogP) is 0.850. The van der Waals surface area contributed by atoms with E-state index in [1.165, 1.54) is 0 Å². The summed E-state index contributed by atoms with van der Waals surface area (Å²) in [4.78, 5) is 10.9. The van der Waals surface area contributed by atoms with Crippen molar-refractivity contribution >= 4 is 5.82 Å². The summed E-state index contributed by atoms with van der Waals surface area (Å²) in [7, 11) is 2.03. The van der Waals surface area contributed by atoms with E-state index >= 15 is 0 Å². The van der Waals surface area contributed by atoms with E-state index in [1.807, 2.05) is 25.4 Å². The zero-order chi connectivity index (χ0) is 13.1. The summed E-state index contributed by atoms with van der Waals surface area (Å²) in [5.74, 6) is 1.79. The van der Waals surface area contributed by atoms with E-state index in [9.17, 15) is 0 Å². The molecule has 2 aromatic rings. The minimum atomic E-state index is 0.628. The van der Waals surface area contributed by atoms with E-state index in [0.29, 0.717) is 6.04 Å². The molecule has 0 atom stereocenters. The molecule has 6 heteroatoms. The second-order valence-electron chi connectivity index (χ2n) is 4.74. The Morgan fingerprint density at radius 1 is 1.21 bits per heavy atom. The first-order chi connectivity index (χ1) is 9.36. The summed E-state index contributed by atoms with van der Waals surface area (Å²) in [5.41, 5.74) is 0. The Bertz CT molecular complexity index is 516. The van der Waals surface area contributed by atoms with Crippen LogP contribution in [0.4, 0.5) is 5.82 Å². The molecule has 6 nitrogen and oxygen atoms in total. The number of piperidine rings is 1. The van der Waals surface area contributed by atoms with Gasteiger partial charge in [0.1, 0.15) is 12.1 Å². The standard InChI is InChI=1S/C13H18N6/c1-14-11-3-7-18(8-4-11)12-9-13(16-10-15-12)19-6-2-5-17-19/h2,5-6,9-11,14H,3-4,7-8H2,1H3. The van der Waals surface area contributed by atoms with Crippen LogP contribution in [0.5, 0.6) is 0 Å². The third kappa shape index (κ3) is 2.58. The van der Waals surface area contributed by atoms with E-state index in [2.05, 4.69) is 25.3 Å².